The van der Waals surface area contributed by atoms with Crippen molar-refractivity contribution >= 4 is 32.7 Å². The molecule has 0 amide bonds. The second-order valence-electron chi connectivity index (χ2n) is 14.7. The number of hydrogen-bond acceptors (Lipinski definition) is 11. The number of nitrogens with two attached hydrogens (primary N) is 1. The second-order valence-corrected chi connectivity index (χ2v) is 25.6. The normalized spacial score (nSPS) is 25.7. The number of carbonyl (C=O) groups is 1. The van der Waals surface area contributed by atoms with Crippen LogP contribution in [0.2, 0.25) is 36.3 Å². The number of hydrogen-bond donors (Lipinski definition) is 1. The van der Waals surface area contributed by atoms with Crippen molar-refractivity contribution in [2.24, 2.45) is 5.73 Å². The van der Waals surface area contributed by atoms with Crippen molar-refractivity contribution in [3.8, 4) is 0 Å². The largest absolute Gasteiger partial charge is 0.466 e. The van der Waals surface area contributed by atoms with Gasteiger partial charge in [0.25, 0.3) is 15.7 Å². The van der Waals surface area contributed by atoms with Crippen LogP contribution < -0.4 is 17.0 Å². The van der Waals surface area contributed by atoms with E-state index in [1.54, 1.807) is 0 Å². The monoisotopic (exact) mass is 687 g/mol. The molecule has 0 aliphatic carbocycles. The average molecular weight is 688 g/mol. The Kier molecular flexibility index (Phi) is 10.2. The van der Waals surface area contributed by atoms with Crippen LogP contribution in [0.25, 0.3) is 0 Å². The first-order chi connectivity index (χ1) is 20.3. The molecule has 1 aromatic heterocycles. The number of nitrogens with zero attached hydrogens (tertiary/aromatic N) is 2. The lowest BCUT2D eigenvalue weighted by Gasteiger charge is -2.43. The van der Waals surface area contributed by atoms with Gasteiger partial charge in [-0.2, -0.15) is 8.42 Å². The van der Waals surface area contributed by atoms with Gasteiger partial charge in [0.05, 0.1) is 24.8 Å². The molecule has 0 radical (unpaired) electrons. The van der Waals surface area contributed by atoms with Crippen LogP contribution in [-0.4, -0.2) is 71.7 Å². The van der Waals surface area contributed by atoms with E-state index in [2.05, 4.69) is 25.5 Å². The van der Waals surface area contributed by atoms with Gasteiger partial charge in [0.1, 0.15) is 12.2 Å². The first-order valence-corrected chi connectivity index (χ1v) is 22.1. The second kappa shape index (κ2) is 12.4. The summed E-state index contributed by atoms with van der Waals surface area (Å²) in [4.78, 5) is 38.7. The average Bonchev–Trinajstić information content (AvgIpc) is 3.31. The van der Waals surface area contributed by atoms with Crippen LogP contribution in [0.3, 0.4) is 0 Å². The number of ether oxygens (including phenoxy) is 2. The molecule has 1 spiro atoms. The number of aromatic nitrogens is 2. The highest BCUT2D eigenvalue weighted by Gasteiger charge is 2.67. The number of methoxy groups -OCH3 is 1. The van der Waals surface area contributed by atoms with Crippen molar-refractivity contribution in [3.63, 3.8) is 0 Å². The summed E-state index contributed by atoms with van der Waals surface area (Å²) >= 11 is 0. The van der Waals surface area contributed by atoms with Gasteiger partial charge in [-0.05, 0) is 43.2 Å². The maximum Gasteiger partial charge on any atom is 0.333 e. The van der Waals surface area contributed by atoms with Gasteiger partial charge >= 0.3 is 11.7 Å². The Bertz CT molecular complexity index is 1600. The smallest absolute Gasteiger partial charge is 0.333 e. The zero-order chi connectivity index (χ0) is 34.6. The maximum absolute atomic E-state index is 14.0. The first-order valence-electron chi connectivity index (χ1n) is 14.8. The maximum atomic E-state index is 14.0. The molecule has 2 N–H and O–H groups in total. The minimum absolute atomic E-state index is 0.0936. The lowest BCUT2D eigenvalue weighted by molar-refractivity contribution is -0.134. The number of rotatable bonds is 9. The molecule has 2 unspecified atom stereocenters. The Morgan fingerprint density at radius 2 is 1.67 bits per heavy atom. The van der Waals surface area contributed by atoms with Crippen molar-refractivity contribution in [1.29, 1.82) is 0 Å². The molecule has 45 heavy (non-hydrogen) atoms. The van der Waals surface area contributed by atoms with Gasteiger partial charge in [-0.25, -0.2) is 13.8 Å². The third kappa shape index (κ3) is 7.16. The highest BCUT2D eigenvalue weighted by Crippen LogP contribution is 2.52. The minimum atomic E-state index is -4.26. The number of allylic oxidation sites excluding steroid dienone is 1. The number of esters is 1. The molecule has 13 nitrogen and oxygen atoms in total. The molecule has 4 atom stereocenters. The molecule has 1 saturated heterocycles. The van der Waals surface area contributed by atoms with Crippen LogP contribution in [0.4, 0.5) is 0 Å². The molecule has 1 fully saturated rings. The summed E-state index contributed by atoms with van der Waals surface area (Å²) in [5, 5.41) is 0.329. The Labute approximate surface area is 267 Å². The standard InChI is InChI=1S/C29H49N3O10SSi2/c1-19-16-32(26(35)31(24(19)34)15-13-14-22(33)38-8)25-23(41-45(11,12)28(5,6)7)29(20(30)18-43(36,37)42-29)21(40-25)17-39-44(9,10)27(2,3)4/h13-14,16,18,21,23,25H,15,17,30H2,1-12H3/b14-13+/t21?,23-,25+,29?/m0/s1. The van der Waals surface area contributed by atoms with Gasteiger partial charge < -0.3 is 24.1 Å². The molecule has 3 rings (SSSR count). The molecule has 2 aliphatic rings. The Morgan fingerprint density at radius 3 is 2.16 bits per heavy atom. The van der Waals surface area contributed by atoms with Crippen molar-refractivity contribution in [1.82, 2.24) is 9.13 Å². The van der Waals surface area contributed by atoms with Gasteiger partial charge in [0, 0.05) is 24.4 Å². The highest BCUT2D eigenvalue weighted by molar-refractivity contribution is 7.90. The topological polar surface area (TPSA) is 167 Å². The molecule has 0 saturated carbocycles. The Balaban J connectivity index is 2.28. The van der Waals surface area contributed by atoms with Crippen molar-refractivity contribution in [2.75, 3.05) is 13.7 Å². The van der Waals surface area contributed by atoms with E-state index in [-0.39, 0.29) is 34.5 Å². The summed E-state index contributed by atoms with van der Waals surface area (Å²) in [6.45, 7) is 21.5. The van der Waals surface area contributed by atoms with Crippen LogP contribution >= 0.6 is 0 Å². The lowest BCUT2D eigenvalue weighted by atomic mass is 9.89. The molecular weight excluding hydrogens is 639 g/mol. The van der Waals surface area contributed by atoms with Gasteiger partial charge in [-0.1, -0.05) is 47.6 Å². The highest BCUT2D eigenvalue weighted by atomic mass is 32.2. The van der Waals surface area contributed by atoms with Crippen molar-refractivity contribution in [2.45, 2.75) is 115 Å². The first kappa shape index (κ1) is 37.1. The zero-order valence-electron chi connectivity index (χ0n) is 28.4. The lowest BCUT2D eigenvalue weighted by Crippen LogP contribution is -2.59. The Morgan fingerprint density at radius 1 is 1.09 bits per heavy atom. The summed E-state index contributed by atoms with van der Waals surface area (Å²) in [6.07, 6.45) is 0.198. The molecule has 3 heterocycles. The zero-order valence-corrected chi connectivity index (χ0v) is 31.2. The van der Waals surface area contributed by atoms with E-state index in [1.807, 2.05) is 47.0 Å². The molecule has 1 aromatic rings. The van der Waals surface area contributed by atoms with E-state index >= 15 is 0 Å². The van der Waals surface area contributed by atoms with Crippen molar-refractivity contribution < 1.29 is 35.7 Å². The molecule has 0 aromatic carbocycles. The van der Waals surface area contributed by atoms with Gasteiger partial charge in [0.2, 0.25) is 0 Å². The van der Waals surface area contributed by atoms with Crippen LogP contribution in [0.1, 0.15) is 53.3 Å². The van der Waals surface area contributed by atoms with Crippen LogP contribution in [0, 0.1) is 6.92 Å². The van der Waals surface area contributed by atoms with Gasteiger partial charge in [0.15, 0.2) is 28.5 Å². The number of aryl methyl sites for hydroxylation is 1. The molecule has 2 aliphatic heterocycles. The molecular formula is C29H49N3O10SSi2. The molecule has 0 bridgehead atoms. The van der Waals surface area contributed by atoms with E-state index in [0.717, 1.165) is 16.1 Å². The van der Waals surface area contributed by atoms with Crippen molar-refractivity contribution in [3.05, 3.63) is 55.9 Å². The summed E-state index contributed by atoms with van der Waals surface area (Å²) in [5.41, 5.74) is 3.40. The summed E-state index contributed by atoms with van der Waals surface area (Å²) in [7, 11) is -8.19. The Hall–Kier alpha value is -2.35. The van der Waals surface area contributed by atoms with Crippen LogP contribution in [-0.2, 0) is 44.0 Å². The van der Waals surface area contributed by atoms with Gasteiger partial charge in [-0.15, -0.1) is 0 Å². The predicted octanol–water partition coefficient (Wildman–Crippen LogP) is 3.26. The fourth-order valence-electron chi connectivity index (χ4n) is 4.64. The quantitative estimate of drug-likeness (QED) is 0.175. The van der Waals surface area contributed by atoms with Gasteiger partial charge in [-0.3, -0.25) is 13.9 Å². The SMILES string of the molecule is COC(=O)/C=C/Cn1c(=O)c(C)cn([C@@H]2OC(CO[Si](C)(C)C(C)(C)C)C3(OS(=O)(=O)C=C3N)[C@H]2O[Si](C)(C)C(C)(C)C)c1=O. The minimum Gasteiger partial charge on any atom is -0.466 e. The number of carbonyl (C=O) groups excluding carboxylic acids is 1. The van der Waals surface area contributed by atoms with Crippen LogP contribution in [0.5, 0.6) is 0 Å². The molecule has 16 heteroatoms. The van der Waals surface area contributed by atoms with E-state index in [1.165, 1.54) is 30.9 Å². The summed E-state index contributed by atoms with van der Waals surface area (Å²) in [6, 6.07) is 0. The van der Waals surface area contributed by atoms with E-state index in [9.17, 15) is 22.8 Å². The fourth-order valence-corrected chi connectivity index (χ4v) is 8.14. The fraction of sp³-hybridized carbons (Fsp3) is 0.690. The summed E-state index contributed by atoms with van der Waals surface area (Å²) < 4.78 is 58.6. The summed E-state index contributed by atoms with van der Waals surface area (Å²) in [5.74, 6) is -0.647. The third-order valence-corrected chi connectivity index (χ3v) is 19.5. The molecule has 254 valence electrons. The van der Waals surface area contributed by atoms with E-state index in [4.69, 9.17) is 23.5 Å². The van der Waals surface area contributed by atoms with E-state index in [0.29, 0.717) is 0 Å². The van der Waals surface area contributed by atoms with E-state index < -0.39 is 68.0 Å². The van der Waals surface area contributed by atoms with Crippen LogP contribution in [0.15, 0.2) is 39.0 Å². The third-order valence-electron chi connectivity index (χ3n) is 9.45. The predicted molar refractivity (Wildman–Crippen MR) is 175 cm³/mol.